The maximum atomic E-state index is 11.9. The SMILES string of the molecule is CCC[C@H](C)C(=O)Nc1nc2ccc(Cl)cc2s1. The minimum atomic E-state index is 0.0191. The van der Waals surface area contributed by atoms with Crippen molar-refractivity contribution in [2.24, 2.45) is 5.92 Å². The first-order chi connectivity index (χ1) is 8.60. The number of halogens is 1. The van der Waals surface area contributed by atoms with Gasteiger partial charge in [0.2, 0.25) is 5.91 Å². The number of fused-ring (bicyclic) bond motifs is 1. The first-order valence-electron chi connectivity index (χ1n) is 5.97. The monoisotopic (exact) mass is 282 g/mol. The van der Waals surface area contributed by atoms with Crippen molar-refractivity contribution in [2.75, 3.05) is 5.32 Å². The minimum Gasteiger partial charge on any atom is -0.302 e. The van der Waals surface area contributed by atoms with Gasteiger partial charge in [0.25, 0.3) is 0 Å². The number of thiazole rings is 1. The molecule has 1 aromatic carbocycles. The van der Waals surface area contributed by atoms with Crippen molar-refractivity contribution in [1.29, 1.82) is 0 Å². The van der Waals surface area contributed by atoms with E-state index in [1.807, 2.05) is 19.1 Å². The quantitative estimate of drug-likeness (QED) is 0.907. The van der Waals surface area contributed by atoms with Gasteiger partial charge in [0.15, 0.2) is 5.13 Å². The highest BCUT2D eigenvalue weighted by Crippen LogP contribution is 2.28. The third kappa shape index (κ3) is 3.00. The summed E-state index contributed by atoms with van der Waals surface area (Å²) in [6.07, 6.45) is 1.90. The number of benzene rings is 1. The minimum absolute atomic E-state index is 0.0191. The first kappa shape index (κ1) is 13.3. The molecule has 1 atom stereocenters. The second kappa shape index (κ2) is 5.67. The molecule has 0 saturated heterocycles. The molecule has 2 aromatic rings. The molecule has 0 aliphatic carbocycles. The van der Waals surface area contributed by atoms with Gasteiger partial charge in [0.1, 0.15) is 0 Å². The van der Waals surface area contributed by atoms with Crippen molar-refractivity contribution in [2.45, 2.75) is 26.7 Å². The van der Waals surface area contributed by atoms with Crippen LogP contribution >= 0.6 is 22.9 Å². The fraction of sp³-hybridized carbons (Fsp3) is 0.385. The average Bonchev–Trinajstić information content (AvgIpc) is 2.70. The Hall–Kier alpha value is -1.13. The van der Waals surface area contributed by atoms with E-state index in [4.69, 9.17) is 11.6 Å². The molecule has 1 aromatic heterocycles. The van der Waals surface area contributed by atoms with Crippen molar-refractivity contribution >= 4 is 44.2 Å². The molecule has 0 unspecified atom stereocenters. The number of nitrogens with one attached hydrogen (secondary N) is 1. The van der Waals surface area contributed by atoms with Crippen LogP contribution in [0.15, 0.2) is 18.2 Å². The number of amides is 1. The second-order valence-corrected chi connectivity index (χ2v) is 5.78. The Morgan fingerprint density at radius 3 is 3.06 bits per heavy atom. The van der Waals surface area contributed by atoms with Crippen LogP contribution in [0.1, 0.15) is 26.7 Å². The number of rotatable bonds is 4. The number of nitrogens with zero attached hydrogens (tertiary/aromatic N) is 1. The lowest BCUT2D eigenvalue weighted by molar-refractivity contribution is -0.119. The Labute approximate surface area is 115 Å². The number of anilines is 1. The number of hydrogen-bond acceptors (Lipinski definition) is 3. The molecule has 0 radical (unpaired) electrons. The summed E-state index contributed by atoms with van der Waals surface area (Å²) < 4.78 is 0.987. The summed E-state index contributed by atoms with van der Waals surface area (Å²) >= 11 is 7.36. The maximum absolute atomic E-state index is 11.9. The zero-order chi connectivity index (χ0) is 13.1. The molecule has 0 aliphatic rings. The van der Waals surface area contributed by atoms with Gasteiger partial charge in [-0.3, -0.25) is 4.79 Å². The van der Waals surface area contributed by atoms with E-state index in [9.17, 15) is 4.79 Å². The van der Waals surface area contributed by atoms with Crippen molar-refractivity contribution in [3.8, 4) is 0 Å². The van der Waals surface area contributed by atoms with Crippen molar-refractivity contribution in [3.05, 3.63) is 23.2 Å². The van der Waals surface area contributed by atoms with Gasteiger partial charge in [0.05, 0.1) is 10.2 Å². The van der Waals surface area contributed by atoms with Crippen molar-refractivity contribution in [3.63, 3.8) is 0 Å². The van der Waals surface area contributed by atoms with E-state index in [-0.39, 0.29) is 11.8 Å². The molecule has 1 N–H and O–H groups in total. The maximum Gasteiger partial charge on any atom is 0.228 e. The van der Waals surface area contributed by atoms with Gasteiger partial charge in [-0.2, -0.15) is 0 Å². The zero-order valence-electron chi connectivity index (χ0n) is 10.4. The summed E-state index contributed by atoms with van der Waals surface area (Å²) in [7, 11) is 0. The molecule has 0 bridgehead atoms. The summed E-state index contributed by atoms with van der Waals surface area (Å²) in [5.74, 6) is 0.0487. The Morgan fingerprint density at radius 2 is 2.33 bits per heavy atom. The Bertz CT molecular complexity index is 567. The van der Waals surface area contributed by atoms with Gasteiger partial charge in [-0.1, -0.05) is 43.2 Å². The number of carbonyl (C=O) groups excluding carboxylic acids is 1. The van der Waals surface area contributed by atoms with Crippen LogP contribution in [0.3, 0.4) is 0 Å². The molecule has 18 heavy (non-hydrogen) atoms. The van der Waals surface area contributed by atoms with E-state index in [1.54, 1.807) is 6.07 Å². The lowest BCUT2D eigenvalue weighted by Crippen LogP contribution is -2.19. The van der Waals surface area contributed by atoms with Gasteiger partial charge in [-0.05, 0) is 24.6 Å². The van der Waals surface area contributed by atoms with Crippen LogP contribution in [0, 0.1) is 5.92 Å². The molecule has 2 rings (SSSR count). The second-order valence-electron chi connectivity index (χ2n) is 4.31. The summed E-state index contributed by atoms with van der Waals surface area (Å²) in [6.45, 7) is 4.01. The molecule has 0 aliphatic heterocycles. The van der Waals surface area contributed by atoms with E-state index < -0.39 is 0 Å². The van der Waals surface area contributed by atoms with Crippen molar-refractivity contribution in [1.82, 2.24) is 4.98 Å². The lowest BCUT2D eigenvalue weighted by atomic mass is 10.1. The van der Waals surface area contributed by atoms with E-state index in [0.717, 1.165) is 23.1 Å². The Balaban J connectivity index is 2.14. The van der Waals surface area contributed by atoms with Gasteiger partial charge in [0, 0.05) is 10.9 Å². The van der Waals surface area contributed by atoms with E-state index >= 15 is 0 Å². The van der Waals surface area contributed by atoms with Crippen LogP contribution in [0.2, 0.25) is 5.02 Å². The summed E-state index contributed by atoms with van der Waals surface area (Å²) in [4.78, 5) is 16.2. The smallest absolute Gasteiger partial charge is 0.228 e. The highest BCUT2D eigenvalue weighted by molar-refractivity contribution is 7.22. The van der Waals surface area contributed by atoms with Gasteiger partial charge >= 0.3 is 0 Å². The highest BCUT2D eigenvalue weighted by atomic mass is 35.5. The molecule has 3 nitrogen and oxygen atoms in total. The summed E-state index contributed by atoms with van der Waals surface area (Å²) in [5.41, 5.74) is 0.864. The van der Waals surface area contributed by atoms with Crippen LogP contribution in [-0.2, 0) is 4.79 Å². The normalized spacial score (nSPS) is 12.6. The molecule has 0 fully saturated rings. The van der Waals surface area contributed by atoms with E-state index in [1.165, 1.54) is 11.3 Å². The third-order valence-corrected chi connectivity index (χ3v) is 3.92. The van der Waals surface area contributed by atoms with Crippen molar-refractivity contribution < 1.29 is 4.79 Å². The molecular formula is C13H15ClN2OS. The third-order valence-electron chi connectivity index (χ3n) is 2.75. The molecule has 1 heterocycles. The molecule has 5 heteroatoms. The number of hydrogen-bond donors (Lipinski definition) is 1. The Kier molecular flexibility index (Phi) is 4.19. The zero-order valence-corrected chi connectivity index (χ0v) is 11.9. The first-order valence-corrected chi connectivity index (χ1v) is 7.16. The van der Waals surface area contributed by atoms with E-state index in [2.05, 4.69) is 17.2 Å². The van der Waals surface area contributed by atoms with Crippen LogP contribution in [-0.4, -0.2) is 10.9 Å². The van der Waals surface area contributed by atoms with Crippen LogP contribution in [0.4, 0.5) is 5.13 Å². The lowest BCUT2D eigenvalue weighted by Gasteiger charge is -2.08. The van der Waals surface area contributed by atoms with E-state index in [0.29, 0.717) is 10.2 Å². The molecule has 96 valence electrons. The largest absolute Gasteiger partial charge is 0.302 e. The molecule has 0 spiro atoms. The average molecular weight is 283 g/mol. The van der Waals surface area contributed by atoms with Gasteiger partial charge < -0.3 is 5.32 Å². The topological polar surface area (TPSA) is 42.0 Å². The summed E-state index contributed by atoms with van der Waals surface area (Å²) in [5, 5.41) is 4.18. The van der Waals surface area contributed by atoms with Crippen LogP contribution in [0.25, 0.3) is 10.2 Å². The fourth-order valence-corrected chi connectivity index (χ4v) is 2.89. The van der Waals surface area contributed by atoms with Crippen LogP contribution in [0.5, 0.6) is 0 Å². The molecular weight excluding hydrogens is 268 g/mol. The standard InChI is InChI=1S/C13H15ClN2OS/c1-3-4-8(2)12(17)16-13-15-10-6-5-9(14)7-11(10)18-13/h5-8H,3-4H2,1-2H3,(H,15,16,17)/t8-/m0/s1. The molecule has 0 saturated carbocycles. The predicted octanol–water partition coefficient (Wildman–Crippen LogP) is 4.32. The van der Waals surface area contributed by atoms with Crippen LogP contribution < -0.4 is 5.32 Å². The Morgan fingerprint density at radius 1 is 1.56 bits per heavy atom. The number of carbonyl (C=O) groups is 1. The number of aromatic nitrogens is 1. The highest BCUT2D eigenvalue weighted by Gasteiger charge is 2.14. The van der Waals surface area contributed by atoms with Gasteiger partial charge in [-0.15, -0.1) is 0 Å². The molecule has 1 amide bonds. The van der Waals surface area contributed by atoms with Gasteiger partial charge in [-0.25, -0.2) is 4.98 Å². The predicted molar refractivity (Wildman–Crippen MR) is 77.3 cm³/mol. The summed E-state index contributed by atoms with van der Waals surface area (Å²) in [6, 6.07) is 5.52. The fourth-order valence-electron chi connectivity index (χ4n) is 1.74.